The average Bonchev–Trinajstić information content (AvgIpc) is 2.58. The minimum atomic E-state index is -0.927. The first-order valence-corrected chi connectivity index (χ1v) is 5.69. The lowest BCUT2D eigenvalue weighted by Gasteiger charge is -2.22. The molecule has 1 saturated heterocycles. The van der Waals surface area contributed by atoms with Crippen molar-refractivity contribution < 1.29 is 9.90 Å². The lowest BCUT2D eigenvalue weighted by Crippen LogP contribution is -2.24. The van der Waals surface area contributed by atoms with E-state index in [4.69, 9.17) is 5.11 Å². The second kappa shape index (κ2) is 4.43. The molecular weight excluding hydrogens is 224 g/mol. The van der Waals surface area contributed by atoms with Crippen molar-refractivity contribution in [2.24, 2.45) is 0 Å². The zero-order chi connectivity index (χ0) is 11.7. The summed E-state index contributed by atoms with van der Waals surface area (Å²) in [7, 11) is 1.97. The van der Waals surface area contributed by atoms with Gasteiger partial charge in [0.25, 0.3) is 0 Å². The molecule has 1 aliphatic heterocycles. The highest BCUT2D eigenvalue weighted by Crippen LogP contribution is 2.34. The van der Waals surface area contributed by atoms with Crippen LogP contribution in [0.1, 0.15) is 28.5 Å². The molecule has 0 bridgehead atoms. The van der Waals surface area contributed by atoms with Crippen LogP contribution in [-0.2, 0) is 0 Å². The highest BCUT2D eigenvalue weighted by Gasteiger charge is 2.34. The maximum atomic E-state index is 11.1. The molecule has 86 valence electrons. The molecule has 0 aliphatic carbocycles. The van der Waals surface area contributed by atoms with Gasteiger partial charge >= 0.3 is 5.97 Å². The van der Waals surface area contributed by atoms with Crippen molar-refractivity contribution in [1.29, 1.82) is 0 Å². The normalized spacial score (nSPS) is 25.9. The maximum Gasteiger partial charge on any atom is 0.337 e. The quantitative estimate of drug-likeness (QED) is 0.766. The fraction of sp³-hybridized carbons (Fsp3) is 0.455. The molecule has 0 radical (unpaired) electrons. The fourth-order valence-corrected chi connectivity index (χ4v) is 2.64. The Balaban J connectivity index is 2.43. The van der Waals surface area contributed by atoms with Gasteiger partial charge in [0.1, 0.15) is 0 Å². The smallest absolute Gasteiger partial charge is 0.337 e. The van der Waals surface area contributed by atoms with Gasteiger partial charge in [0.2, 0.25) is 0 Å². The van der Waals surface area contributed by atoms with Crippen molar-refractivity contribution >= 4 is 18.6 Å². The van der Waals surface area contributed by atoms with Crippen LogP contribution in [0.25, 0.3) is 0 Å². The predicted octanol–water partition coefficient (Wildman–Crippen LogP) is 1.45. The molecule has 1 fully saturated rings. The van der Waals surface area contributed by atoms with Crippen LogP contribution in [-0.4, -0.2) is 39.8 Å². The zero-order valence-corrected chi connectivity index (χ0v) is 9.89. The number of hydrogen-bond donors (Lipinski definition) is 2. The van der Waals surface area contributed by atoms with Crippen molar-refractivity contribution in [3.8, 4) is 0 Å². The second-order valence-electron chi connectivity index (χ2n) is 4.02. The summed E-state index contributed by atoms with van der Waals surface area (Å²) < 4.78 is 0. The molecular formula is C11H14N2O2S. The van der Waals surface area contributed by atoms with Crippen LogP contribution < -0.4 is 0 Å². The number of likely N-dealkylation sites (tertiary alicyclic amines) is 1. The van der Waals surface area contributed by atoms with Crippen molar-refractivity contribution in [2.75, 3.05) is 13.6 Å². The van der Waals surface area contributed by atoms with Crippen LogP contribution in [0.5, 0.6) is 0 Å². The third-order valence-corrected chi connectivity index (χ3v) is 3.51. The summed E-state index contributed by atoms with van der Waals surface area (Å²) in [5.41, 5.74) is 0.898. The first kappa shape index (κ1) is 11.4. The number of thiol groups is 1. The Morgan fingerprint density at radius 2 is 2.44 bits per heavy atom. The van der Waals surface area contributed by atoms with Gasteiger partial charge in [-0.1, -0.05) is 0 Å². The van der Waals surface area contributed by atoms with E-state index < -0.39 is 5.97 Å². The molecule has 2 rings (SSSR count). The fourth-order valence-electron chi connectivity index (χ4n) is 2.15. The van der Waals surface area contributed by atoms with Gasteiger partial charge in [-0.05, 0) is 32.1 Å². The molecule has 0 saturated carbocycles. The average molecular weight is 238 g/mol. The van der Waals surface area contributed by atoms with E-state index in [9.17, 15) is 4.79 Å². The SMILES string of the molecule is CN1CCC(S)C1c1ncccc1C(=O)O. The monoisotopic (exact) mass is 238 g/mol. The van der Waals surface area contributed by atoms with E-state index in [0.29, 0.717) is 5.69 Å². The molecule has 0 spiro atoms. The van der Waals surface area contributed by atoms with E-state index in [1.165, 1.54) is 0 Å². The van der Waals surface area contributed by atoms with Crippen LogP contribution in [0.3, 0.4) is 0 Å². The van der Waals surface area contributed by atoms with Crippen molar-refractivity contribution in [3.05, 3.63) is 29.6 Å². The van der Waals surface area contributed by atoms with Gasteiger partial charge in [-0.15, -0.1) is 0 Å². The number of aromatic nitrogens is 1. The molecule has 2 atom stereocenters. The summed E-state index contributed by atoms with van der Waals surface area (Å²) in [6.07, 6.45) is 2.59. The van der Waals surface area contributed by atoms with E-state index in [1.807, 2.05) is 7.05 Å². The van der Waals surface area contributed by atoms with Gasteiger partial charge in [-0.2, -0.15) is 12.6 Å². The number of carboxylic acids is 1. The van der Waals surface area contributed by atoms with Crippen LogP contribution in [0, 0.1) is 0 Å². The van der Waals surface area contributed by atoms with Crippen LogP contribution >= 0.6 is 12.6 Å². The number of aromatic carboxylic acids is 1. The second-order valence-corrected chi connectivity index (χ2v) is 4.69. The highest BCUT2D eigenvalue weighted by molar-refractivity contribution is 7.81. The van der Waals surface area contributed by atoms with E-state index in [0.717, 1.165) is 13.0 Å². The van der Waals surface area contributed by atoms with Crippen LogP contribution in [0.2, 0.25) is 0 Å². The van der Waals surface area contributed by atoms with Gasteiger partial charge in [0.05, 0.1) is 17.3 Å². The molecule has 1 N–H and O–H groups in total. The summed E-state index contributed by atoms with van der Waals surface area (Å²) in [6, 6.07) is 3.24. The molecule has 1 aromatic heterocycles. The standard InChI is InChI=1S/C11H14N2O2S/c1-13-6-4-8(16)10(13)9-7(11(14)15)3-2-5-12-9/h2-3,5,8,10,16H,4,6H2,1H3,(H,14,15). The number of hydrogen-bond acceptors (Lipinski definition) is 4. The van der Waals surface area contributed by atoms with Crippen LogP contribution in [0.4, 0.5) is 0 Å². The number of rotatable bonds is 2. The van der Waals surface area contributed by atoms with E-state index >= 15 is 0 Å². The molecule has 4 nitrogen and oxygen atoms in total. The maximum absolute atomic E-state index is 11.1. The minimum Gasteiger partial charge on any atom is -0.478 e. The minimum absolute atomic E-state index is 0.00404. The summed E-state index contributed by atoms with van der Waals surface area (Å²) in [4.78, 5) is 17.4. The van der Waals surface area contributed by atoms with Gasteiger partial charge in [0, 0.05) is 11.4 Å². The number of carbonyl (C=O) groups is 1. The highest BCUT2D eigenvalue weighted by atomic mass is 32.1. The van der Waals surface area contributed by atoms with E-state index in [1.54, 1.807) is 18.3 Å². The lowest BCUT2D eigenvalue weighted by molar-refractivity contribution is 0.0693. The Hall–Kier alpha value is -1.07. The van der Waals surface area contributed by atoms with Crippen molar-refractivity contribution in [2.45, 2.75) is 17.7 Å². The third-order valence-electron chi connectivity index (χ3n) is 2.97. The van der Waals surface area contributed by atoms with E-state index in [2.05, 4.69) is 22.5 Å². The first-order chi connectivity index (χ1) is 7.61. The topological polar surface area (TPSA) is 53.4 Å². The molecule has 1 aliphatic rings. The Morgan fingerprint density at radius 3 is 3.00 bits per heavy atom. The third kappa shape index (κ3) is 1.92. The van der Waals surface area contributed by atoms with E-state index in [-0.39, 0.29) is 16.9 Å². The largest absolute Gasteiger partial charge is 0.478 e. The molecule has 1 aromatic rings. The summed E-state index contributed by atoms with van der Waals surface area (Å²) in [6.45, 7) is 0.925. The van der Waals surface area contributed by atoms with Gasteiger partial charge in [-0.3, -0.25) is 9.88 Å². The summed E-state index contributed by atoms with van der Waals surface area (Å²) >= 11 is 4.50. The molecule has 0 aromatic carbocycles. The molecule has 2 heterocycles. The molecule has 0 amide bonds. The van der Waals surface area contributed by atoms with Gasteiger partial charge in [0.15, 0.2) is 0 Å². The van der Waals surface area contributed by atoms with Crippen molar-refractivity contribution in [1.82, 2.24) is 9.88 Å². The summed E-state index contributed by atoms with van der Waals surface area (Å²) in [5.74, 6) is -0.927. The Morgan fingerprint density at radius 1 is 1.69 bits per heavy atom. The van der Waals surface area contributed by atoms with Gasteiger partial charge in [-0.25, -0.2) is 4.79 Å². The Bertz CT molecular complexity index is 401. The number of nitrogens with zero attached hydrogens (tertiary/aromatic N) is 2. The number of carboxylic acid groups (broad SMARTS) is 1. The summed E-state index contributed by atoms with van der Waals surface area (Å²) in [5, 5.41) is 9.27. The first-order valence-electron chi connectivity index (χ1n) is 5.17. The molecule has 5 heteroatoms. The number of pyridine rings is 1. The predicted molar refractivity (Wildman–Crippen MR) is 64.0 cm³/mol. The van der Waals surface area contributed by atoms with Crippen molar-refractivity contribution in [3.63, 3.8) is 0 Å². The Labute approximate surface area is 99.7 Å². The lowest BCUT2D eigenvalue weighted by atomic mass is 10.0. The molecule has 2 unspecified atom stereocenters. The Kier molecular flexibility index (Phi) is 3.16. The molecule has 16 heavy (non-hydrogen) atoms. The van der Waals surface area contributed by atoms with Crippen LogP contribution in [0.15, 0.2) is 18.3 Å². The van der Waals surface area contributed by atoms with Gasteiger partial charge < -0.3 is 5.11 Å². The zero-order valence-electron chi connectivity index (χ0n) is 9.00.